The fourth-order valence-corrected chi connectivity index (χ4v) is 12.8. The molecule has 0 saturated carbocycles. The van der Waals surface area contributed by atoms with Gasteiger partial charge >= 0.3 is 39.5 Å². The summed E-state index contributed by atoms with van der Waals surface area (Å²) in [6.07, 6.45) is 59.2. The van der Waals surface area contributed by atoms with Crippen molar-refractivity contribution in [2.45, 2.75) is 394 Å². The summed E-state index contributed by atoms with van der Waals surface area (Å²) in [5.41, 5.74) is 0. The molecule has 0 heterocycles. The topological polar surface area (TPSA) is 237 Å². The van der Waals surface area contributed by atoms with Gasteiger partial charge in [-0.15, -0.1) is 0 Å². The van der Waals surface area contributed by atoms with E-state index in [-0.39, 0.29) is 25.7 Å². The Morgan fingerprint density at radius 2 is 0.583 bits per heavy atom. The van der Waals surface area contributed by atoms with Gasteiger partial charge in [0.2, 0.25) is 0 Å². The number of ether oxygens (including phenoxy) is 4. The van der Waals surface area contributed by atoms with E-state index < -0.39 is 97.5 Å². The standard InChI is InChI=1S/C77H146O17P2/c1-7-11-13-15-17-19-20-21-26-30-33-37-41-48-54-60-75(80)88-65-72(93-76(81)61-55-49-42-38-34-31-28-25-23-22-24-27-29-32-36-39-45-51-57-69(5)9-3)67-91-95(83,84)89-63-71(78)64-90-96(85,86)92-68-73(66-87-74(79)59-53-47-40-35-18-16-14-12-8-2)94-77(82)62-56-50-44-43-46-52-58-70(6)10-4/h19-21,26,69-73,78H,7-18,22-25,27-68H2,1-6H3,(H,83,84)(H,85,86)/b20-19-,26-21-/t69?,70?,71-,72-,73-/m1/s1. The summed E-state index contributed by atoms with van der Waals surface area (Å²) in [6, 6.07) is 0. The van der Waals surface area contributed by atoms with Gasteiger partial charge in [-0.3, -0.25) is 37.3 Å². The second kappa shape index (κ2) is 68.3. The quantitative estimate of drug-likeness (QED) is 0.0169. The number of carbonyl (C=O) groups excluding carboxylic acids is 4. The third kappa shape index (κ3) is 67.4. The van der Waals surface area contributed by atoms with Crippen molar-refractivity contribution in [1.82, 2.24) is 0 Å². The maximum Gasteiger partial charge on any atom is 0.472 e. The summed E-state index contributed by atoms with van der Waals surface area (Å²) < 4.78 is 68.4. The van der Waals surface area contributed by atoms with Crippen LogP contribution in [0.3, 0.4) is 0 Å². The molecule has 0 fully saturated rings. The Morgan fingerprint density at radius 3 is 0.885 bits per heavy atom. The lowest BCUT2D eigenvalue weighted by atomic mass is 9.99. The number of aliphatic hydroxyl groups is 1. The van der Waals surface area contributed by atoms with Crippen LogP contribution in [0.15, 0.2) is 24.3 Å². The van der Waals surface area contributed by atoms with E-state index in [0.29, 0.717) is 25.7 Å². The predicted octanol–water partition coefficient (Wildman–Crippen LogP) is 22.3. The van der Waals surface area contributed by atoms with E-state index in [9.17, 15) is 43.2 Å². The molecule has 96 heavy (non-hydrogen) atoms. The number of hydrogen-bond donors (Lipinski definition) is 3. The average molecular weight is 1410 g/mol. The number of phosphoric ester groups is 2. The highest BCUT2D eigenvalue weighted by molar-refractivity contribution is 7.47. The molecule has 0 amide bonds. The zero-order chi connectivity index (χ0) is 70.7. The number of carbonyl (C=O) groups is 4. The first-order chi connectivity index (χ1) is 46.4. The van der Waals surface area contributed by atoms with Crippen LogP contribution in [-0.4, -0.2) is 96.7 Å². The minimum absolute atomic E-state index is 0.101. The third-order valence-corrected chi connectivity index (χ3v) is 20.0. The normalized spacial score (nSPS) is 14.7. The molecule has 3 N–H and O–H groups in total. The van der Waals surface area contributed by atoms with E-state index >= 15 is 0 Å². The number of phosphoric acid groups is 2. The van der Waals surface area contributed by atoms with Crippen LogP contribution in [0.1, 0.15) is 375 Å². The average Bonchev–Trinajstić information content (AvgIpc) is 2.44. The lowest BCUT2D eigenvalue weighted by molar-refractivity contribution is -0.161. The van der Waals surface area contributed by atoms with Crippen LogP contribution >= 0.6 is 15.6 Å². The summed E-state index contributed by atoms with van der Waals surface area (Å²) in [5.74, 6) is -0.562. The number of unbranched alkanes of at least 4 members (excludes halogenated alkanes) is 39. The van der Waals surface area contributed by atoms with Crippen molar-refractivity contribution >= 4 is 39.5 Å². The van der Waals surface area contributed by atoms with E-state index in [4.69, 9.17) is 37.0 Å². The summed E-state index contributed by atoms with van der Waals surface area (Å²) >= 11 is 0. The molecular weight excluding hydrogens is 1260 g/mol. The van der Waals surface area contributed by atoms with Gasteiger partial charge in [-0.25, -0.2) is 9.13 Å². The molecule has 0 radical (unpaired) electrons. The van der Waals surface area contributed by atoms with Crippen LogP contribution in [0, 0.1) is 11.8 Å². The summed E-state index contributed by atoms with van der Waals surface area (Å²) in [4.78, 5) is 72.7. The van der Waals surface area contributed by atoms with Gasteiger partial charge in [0.15, 0.2) is 12.2 Å². The monoisotopic (exact) mass is 1410 g/mol. The SMILES string of the molecule is CCCCCC/C=C\C=C/CCCCCCCC(=O)OC[C@H](COP(=O)(O)OC[C@@H](O)COP(=O)(O)OC[C@@H](COC(=O)CCCCCCCCCCC)OC(=O)CCCCCCCCC(C)CC)OC(=O)CCCCCCCCCCCCCCCCCCCCC(C)CC. The first-order valence-electron chi connectivity index (χ1n) is 39.4. The highest BCUT2D eigenvalue weighted by Gasteiger charge is 2.30. The van der Waals surface area contributed by atoms with E-state index in [1.165, 1.54) is 173 Å². The molecule has 0 saturated heterocycles. The Bertz CT molecular complexity index is 1950. The minimum atomic E-state index is -4.97. The van der Waals surface area contributed by atoms with Crippen LogP contribution in [0.25, 0.3) is 0 Å². The molecule has 0 aliphatic heterocycles. The van der Waals surface area contributed by atoms with Crippen molar-refractivity contribution in [3.8, 4) is 0 Å². The second-order valence-corrected chi connectivity index (χ2v) is 30.5. The highest BCUT2D eigenvalue weighted by atomic mass is 31.2. The van der Waals surface area contributed by atoms with Crippen LogP contribution in [0.5, 0.6) is 0 Å². The van der Waals surface area contributed by atoms with Crippen molar-refractivity contribution in [3.05, 3.63) is 24.3 Å². The van der Waals surface area contributed by atoms with E-state index in [2.05, 4.69) is 65.8 Å². The Labute approximate surface area is 586 Å². The van der Waals surface area contributed by atoms with Crippen LogP contribution in [-0.2, 0) is 65.4 Å². The maximum atomic E-state index is 13.1. The first-order valence-corrected chi connectivity index (χ1v) is 42.4. The Hall–Kier alpha value is -2.46. The molecule has 0 bridgehead atoms. The molecule has 0 aromatic heterocycles. The molecular formula is C77H146O17P2. The highest BCUT2D eigenvalue weighted by Crippen LogP contribution is 2.45. The predicted molar refractivity (Wildman–Crippen MR) is 391 cm³/mol. The van der Waals surface area contributed by atoms with Crippen LogP contribution in [0.2, 0.25) is 0 Å². The second-order valence-electron chi connectivity index (χ2n) is 27.5. The van der Waals surface area contributed by atoms with Gasteiger partial charge in [-0.05, 0) is 63.2 Å². The molecule has 19 heteroatoms. The van der Waals surface area contributed by atoms with Gasteiger partial charge < -0.3 is 33.8 Å². The smallest absolute Gasteiger partial charge is 0.462 e. The Kier molecular flexibility index (Phi) is 66.6. The van der Waals surface area contributed by atoms with Crippen molar-refractivity contribution < 1.29 is 80.2 Å². The van der Waals surface area contributed by atoms with Gasteiger partial charge in [-0.2, -0.15) is 0 Å². The number of esters is 4. The fourth-order valence-electron chi connectivity index (χ4n) is 11.2. The van der Waals surface area contributed by atoms with E-state index in [1.54, 1.807) is 0 Å². The van der Waals surface area contributed by atoms with E-state index in [0.717, 1.165) is 121 Å². The Morgan fingerprint density at radius 1 is 0.333 bits per heavy atom. The van der Waals surface area contributed by atoms with Gasteiger partial charge in [-0.1, -0.05) is 323 Å². The van der Waals surface area contributed by atoms with Gasteiger partial charge in [0.25, 0.3) is 0 Å². The van der Waals surface area contributed by atoms with Crippen molar-refractivity contribution in [3.63, 3.8) is 0 Å². The van der Waals surface area contributed by atoms with Gasteiger partial charge in [0, 0.05) is 25.7 Å². The van der Waals surface area contributed by atoms with Crippen molar-refractivity contribution in [2.75, 3.05) is 39.6 Å². The number of aliphatic hydroxyl groups excluding tert-OH is 1. The fraction of sp³-hybridized carbons (Fsp3) is 0.896. The lowest BCUT2D eigenvalue weighted by Crippen LogP contribution is -2.30. The molecule has 17 nitrogen and oxygen atoms in total. The molecule has 0 aromatic carbocycles. The van der Waals surface area contributed by atoms with Crippen molar-refractivity contribution in [2.24, 2.45) is 11.8 Å². The molecule has 4 unspecified atom stereocenters. The van der Waals surface area contributed by atoms with Crippen molar-refractivity contribution in [1.29, 1.82) is 0 Å². The third-order valence-electron chi connectivity index (χ3n) is 18.1. The molecule has 0 aliphatic carbocycles. The number of rotatable bonds is 74. The summed E-state index contributed by atoms with van der Waals surface area (Å²) in [6.45, 7) is 9.53. The molecule has 7 atom stereocenters. The molecule has 0 aromatic rings. The molecule has 0 spiro atoms. The maximum absolute atomic E-state index is 13.1. The molecule has 0 rings (SSSR count). The zero-order valence-corrected chi connectivity index (χ0v) is 63.9. The lowest BCUT2D eigenvalue weighted by Gasteiger charge is -2.21. The van der Waals surface area contributed by atoms with E-state index in [1.807, 2.05) is 0 Å². The number of hydrogen-bond acceptors (Lipinski definition) is 15. The van der Waals surface area contributed by atoms with Gasteiger partial charge in [0.1, 0.15) is 19.3 Å². The van der Waals surface area contributed by atoms with Crippen LogP contribution in [0.4, 0.5) is 0 Å². The van der Waals surface area contributed by atoms with Crippen LogP contribution < -0.4 is 0 Å². The minimum Gasteiger partial charge on any atom is -0.462 e. The number of allylic oxidation sites excluding steroid dienone is 4. The molecule has 0 aliphatic rings. The van der Waals surface area contributed by atoms with Gasteiger partial charge in [0.05, 0.1) is 26.4 Å². The summed E-state index contributed by atoms with van der Waals surface area (Å²) in [5, 5.41) is 10.6. The first kappa shape index (κ1) is 93.5. The molecule has 566 valence electrons. The Balaban J connectivity index is 5.21. The zero-order valence-electron chi connectivity index (χ0n) is 62.2. The largest absolute Gasteiger partial charge is 0.472 e. The summed E-state index contributed by atoms with van der Waals surface area (Å²) in [7, 11) is -9.92.